The van der Waals surface area contributed by atoms with E-state index in [1.165, 1.54) is 5.56 Å². The Hall–Kier alpha value is -1.61. The van der Waals surface area contributed by atoms with E-state index >= 15 is 0 Å². The molecule has 0 heterocycles. The van der Waals surface area contributed by atoms with Crippen molar-refractivity contribution in [3.05, 3.63) is 41.0 Å². The molecule has 20 heavy (non-hydrogen) atoms. The van der Waals surface area contributed by atoms with Crippen LogP contribution >= 0.6 is 0 Å². The van der Waals surface area contributed by atoms with Gasteiger partial charge in [0.15, 0.2) is 0 Å². The molecule has 1 aliphatic carbocycles. The van der Waals surface area contributed by atoms with Crippen LogP contribution in [-0.4, -0.2) is 23.7 Å². The predicted molar refractivity (Wildman–Crippen MR) is 81.2 cm³/mol. The Morgan fingerprint density at radius 1 is 1.40 bits per heavy atom. The zero-order valence-electron chi connectivity index (χ0n) is 12.2. The summed E-state index contributed by atoms with van der Waals surface area (Å²) in [6.07, 6.45) is 4.86. The number of aliphatic hydroxyl groups is 1. The molecule has 1 fully saturated rings. The monoisotopic (exact) mass is 273 g/mol. The van der Waals surface area contributed by atoms with Crippen LogP contribution in [-0.2, 0) is 4.79 Å². The van der Waals surface area contributed by atoms with Gasteiger partial charge in [-0.05, 0) is 50.7 Å². The molecule has 1 atom stereocenters. The summed E-state index contributed by atoms with van der Waals surface area (Å²) in [5, 5.41) is 12.1. The molecule has 1 saturated carbocycles. The number of amides is 1. The highest BCUT2D eigenvalue weighted by molar-refractivity contribution is 5.97. The van der Waals surface area contributed by atoms with Crippen LogP contribution in [0.25, 0.3) is 6.08 Å². The number of rotatable bonds is 6. The van der Waals surface area contributed by atoms with Gasteiger partial charge in [-0.2, -0.15) is 0 Å². The van der Waals surface area contributed by atoms with Crippen LogP contribution in [0.4, 0.5) is 0 Å². The lowest BCUT2D eigenvalue weighted by Gasteiger charge is -2.17. The number of aryl methyl sites for hydroxylation is 1. The molecule has 1 unspecified atom stereocenters. The standard InChI is InChI=1S/C17H23NO2/c1-12-3-5-14(6-4-12)11-13(2)17(20)18-16(9-10-19)15-7-8-15/h3-6,11,15-16,19H,7-10H2,1-2H3,(H,18,20)/b13-11-. The van der Waals surface area contributed by atoms with Gasteiger partial charge in [0.05, 0.1) is 0 Å². The van der Waals surface area contributed by atoms with Gasteiger partial charge >= 0.3 is 0 Å². The molecule has 0 saturated heterocycles. The Morgan fingerprint density at radius 2 is 2.05 bits per heavy atom. The Morgan fingerprint density at radius 3 is 2.60 bits per heavy atom. The normalized spacial score (nSPS) is 16.9. The van der Waals surface area contributed by atoms with Crippen LogP contribution < -0.4 is 5.32 Å². The number of hydrogen-bond donors (Lipinski definition) is 2. The van der Waals surface area contributed by atoms with Crippen LogP contribution in [0.3, 0.4) is 0 Å². The molecular formula is C17H23NO2. The highest BCUT2D eigenvalue weighted by atomic mass is 16.3. The average molecular weight is 273 g/mol. The Bertz CT molecular complexity index is 486. The average Bonchev–Trinajstić information content (AvgIpc) is 3.25. The molecule has 3 nitrogen and oxygen atoms in total. The third kappa shape index (κ3) is 4.20. The van der Waals surface area contributed by atoms with Gasteiger partial charge in [-0.1, -0.05) is 29.8 Å². The van der Waals surface area contributed by atoms with E-state index in [1.54, 1.807) is 0 Å². The van der Waals surface area contributed by atoms with E-state index in [4.69, 9.17) is 5.11 Å². The van der Waals surface area contributed by atoms with Crippen molar-refractivity contribution in [2.24, 2.45) is 5.92 Å². The van der Waals surface area contributed by atoms with Crippen LogP contribution in [0, 0.1) is 12.8 Å². The van der Waals surface area contributed by atoms with Crippen molar-refractivity contribution in [2.75, 3.05) is 6.61 Å². The van der Waals surface area contributed by atoms with E-state index in [1.807, 2.05) is 44.2 Å². The minimum absolute atomic E-state index is 0.0316. The fourth-order valence-corrected chi connectivity index (χ4v) is 2.32. The molecule has 2 N–H and O–H groups in total. The number of nitrogens with one attached hydrogen (secondary N) is 1. The molecule has 3 heteroatoms. The largest absolute Gasteiger partial charge is 0.396 e. The molecule has 1 aromatic carbocycles. The highest BCUT2D eigenvalue weighted by Crippen LogP contribution is 2.34. The maximum atomic E-state index is 12.2. The van der Waals surface area contributed by atoms with E-state index in [0.717, 1.165) is 18.4 Å². The number of benzene rings is 1. The molecule has 2 rings (SSSR count). The van der Waals surface area contributed by atoms with Crippen LogP contribution in [0.2, 0.25) is 0 Å². The molecule has 1 amide bonds. The van der Waals surface area contributed by atoms with Crippen LogP contribution in [0.5, 0.6) is 0 Å². The van der Waals surface area contributed by atoms with E-state index in [2.05, 4.69) is 5.32 Å². The molecule has 108 valence electrons. The third-order valence-corrected chi connectivity index (χ3v) is 3.77. The van der Waals surface area contributed by atoms with Gasteiger partial charge in [-0.3, -0.25) is 4.79 Å². The number of carbonyl (C=O) groups is 1. The Kier molecular flexibility index (Phi) is 4.96. The van der Waals surface area contributed by atoms with E-state index in [9.17, 15) is 4.79 Å². The molecule has 0 radical (unpaired) electrons. The summed E-state index contributed by atoms with van der Waals surface area (Å²) < 4.78 is 0. The summed E-state index contributed by atoms with van der Waals surface area (Å²) in [6, 6.07) is 8.22. The van der Waals surface area contributed by atoms with Crippen molar-refractivity contribution < 1.29 is 9.90 Å². The minimum atomic E-state index is -0.0316. The van der Waals surface area contributed by atoms with Gasteiger partial charge in [0.25, 0.3) is 0 Å². The molecule has 0 aromatic heterocycles. The van der Waals surface area contributed by atoms with Crippen molar-refractivity contribution in [3.63, 3.8) is 0 Å². The smallest absolute Gasteiger partial charge is 0.247 e. The van der Waals surface area contributed by atoms with Gasteiger partial charge < -0.3 is 10.4 Å². The van der Waals surface area contributed by atoms with Gasteiger partial charge in [0, 0.05) is 18.2 Å². The first kappa shape index (κ1) is 14.8. The van der Waals surface area contributed by atoms with E-state index in [0.29, 0.717) is 17.9 Å². The van der Waals surface area contributed by atoms with Crippen LogP contribution in [0.1, 0.15) is 37.3 Å². The SMILES string of the molecule is C/C(=C/c1ccc(C)cc1)C(=O)NC(CCO)C1CC1. The fourth-order valence-electron chi connectivity index (χ4n) is 2.32. The van der Waals surface area contributed by atoms with E-state index in [-0.39, 0.29) is 18.6 Å². The van der Waals surface area contributed by atoms with Gasteiger partial charge in [-0.15, -0.1) is 0 Å². The molecule has 0 aliphatic heterocycles. The minimum Gasteiger partial charge on any atom is -0.396 e. The van der Waals surface area contributed by atoms with Crippen molar-refractivity contribution in [2.45, 2.75) is 39.2 Å². The summed E-state index contributed by atoms with van der Waals surface area (Å²) in [5.74, 6) is 0.522. The van der Waals surface area contributed by atoms with E-state index < -0.39 is 0 Å². The first-order chi connectivity index (χ1) is 9.60. The van der Waals surface area contributed by atoms with Crippen LogP contribution in [0.15, 0.2) is 29.8 Å². The summed E-state index contributed by atoms with van der Waals surface area (Å²) in [6.45, 7) is 4.00. The topological polar surface area (TPSA) is 49.3 Å². The second-order valence-corrected chi connectivity index (χ2v) is 5.67. The molecule has 0 spiro atoms. The van der Waals surface area contributed by atoms with Crippen molar-refractivity contribution in [1.29, 1.82) is 0 Å². The zero-order valence-corrected chi connectivity index (χ0v) is 12.2. The van der Waals surface area contributed by atoms with Gasteiger partial charge in [-0.25, -0.2) is 0 Å². The molecule has 0 bridgehead atoms. The lowest BCUT2D eigenvalue weighted by Crippen LogP contribution is -2.37. The van der Waals surface area contributed by atoms with Crippen molar-refractivity contribution in [1.82, 2.24) is 5.32 Å². The number of carbonyl (C=O) groups excluding carboxylic acids is 1. The van der Waals surface area contributed by atoms with Crippen molar-refractivity contribution >= 4 is 12.0 Å². The molecule has 1 aromatic rings. The third-order valence-electron chi connectivity index (χ3n) is 3.77. The van der Waals surface area contributed by atoms with Crippen molar-refractivity contribution in [3.8, 4) is 0 Å². The zero-order chi connectivity index (χ0) is 14.5. The summed E-state index contributed by atoms with van der Waals surface area (Å²) in [7, 11) is 0. The summed E-state index contributed by atoms with van der Waals surface area (Å²) >= 11 is 0. The Balaban J connectivity index is 1.98. The first-order valence-electron chi connectivity index (χ1n) is 7.27. The molecular weight excluding hydrogens is 250 g/mol. The summed E-state index contributed by atoms with van der Waals surface area (Å²) in [4.78, 5) is 12.2. The second kappa shape index (κ2) is 6.71. The summed E-state index contributed by atoms with van der Waals surface area (Å²) in [5.41, 5.74) is 2.95. The predicted octanol–water partition coefficient (Wildman–Crippen LogP) is 2.68. The lowest BCUT2D eigenvalue weighted by atomic mass is 10.1. The lowest BCUT2D eigenvalue weighted by molar-refractivity contribution is -0.118. The Labute approximate surface area is 120 Å². The quantitative estimate of drug-likeness (QED) is 0.783. The second-order valence-electron chi connectivity index (χ2n) is 5.67. The van der Waals surface area contributed by atoms with Gasteiger partial charge in [0.1, 0.15) is 0 Å². The molecule has 1 aliphatic rings. The van der Waals surface area contributed by atoms with Gasteiger partial charge in [0.2, 0.25) is 5.91 Å². The maximum Gasteiger partial charge on any atom is 0.247 e. The number of aliphatic hydroxyl groups excluding tert-OH is 1. The first-order valence-corrected chi connectivity index (χ1v) is 7.27. The number of hydrogen-bond acceptors (Lipinski definition) is 2. The maximum absolute atomic E-state index is 12.2. The highest BCUT2D eigenvalue weighted by Gasteiger charge is 2.31. The fraction of sp³-hybridized carbons (Fsp3) is 0.471.